The maximum atomic E-state index is 13.6. The average molecular weight is 254 g/mol. The van der Waals surface area contributed by atoms with E-state index in [0.29, 0.717) is 17.5 Å². The fourth-order valence-corrected chi connectivity index (χ4v) is 2.46. The van der Waals surface area contributed by atoms with E-state index in [4.69, 9.17) is 0 Å². The molecule has 1 fully saturated rings. The number of carbonyl (C=O) groups excluding carboxylic acids is 1. The summed E-state index contributed by atoms with van der Waals surface area (Å²) in [5, 5.41) is 0. The zero-order valence-electron chi connectivity index (χ0n) is 10.5. The summed E-state index contributed by atoms with van der Waals surface area (Å²) in [6.07, 6.45) is 1.30. The highest BCUT2D eigenvalue weighted by Gasteiger charge is 2.67. The lowest BCUT2D eigenvalue weighted by Crippen LogP contribution is -2.01. The molecule has 1 saturated carbocycles. The molecule has 18 heavy (non-hydrogen) atoms. The lowest BCUT2D eigenvalue weighted by Gasteiger charge is -2.02. The normalized spacial score (nSPS) is 24.7. The van der Waals surface area contributed by atoms with E-state index in [1.54, 1.807) is 24.3 Å². The number of halogens is 2. The van der Waals surface area contributed by atoms with Crippen molar-refractivity contribution in [1.29, 1.82) is 0 Å². The number of benzene rings is 1. The molecule has 2 rings (SSSR count). The molecule has 1 aromatic rings. The molecule has 2 atom stereocenters. The minimum atomic E-state index is -2.59. The molecule has 0 aromatic heterocycles. The van der Waals surface area contributed by atoms with Crippen LogP contribution in [-0.4, -0.2) is 19.0 Å². The maximum absolute atomic E-state index is 13.6. The molecule has 4 heteroatoms. The predicted octanol–water partition coefficient (Wildman–Crippen LogP) is 3.62. The number of alkyl halides is 2. The van der Waals surface area contributed by atoms with Crippen molar-refractivity contribution >= 4 is 5.97 Å². The summed E-state index contributed by atoms with van der Waals surface area (Å²) in [4.78, 5) is 11.2. The number of rotatable bonds is 4. The first-order valence-corrected chi connectivity index (χ1v) is 6.08. The molecule has 0 saturated heterocycles. The zero-order valence-corrected chi connectivity index (χ0v) is 10.5. The summed E-state index contributed by atoms with van der Waals surface area (Å²) in [5.74, 6) is -4.28. The molecular weight excluding hydrogens is 238 g/mol. The van der Waals surface area contributed by atoms with Crippen LogP contribution in [-0.2, 0) is 4.74 Å². The molecule has 1 aromatic carbocycles. The Bertz CT molecular complexity index is 440. The van der Waals surface area contributed by atoms with Crippen LogP contribution in [0.2, 0.25) is 0 Å². The molecule has 0 radical (unpaired) electrons. The van der Waals surface area contributed by atoms with Crippen molar-refractivity contribution in [1.82, 2.24) is 0 Å². The Kier molecular flexibility index (Phi) is 3.37. The standard InChI is InChI=1S/C14H16F2O2/c1-3-4-11-12(14(11,15)16)9-5-7-10(8-6-9)13(17)18-2/h5-8,11-12H,3-4H2,1-2H3. The largest absolute Gasteiger partial charge is 0.465 e. The topological polar surface area (TPSA) is 26.3 Å². The van der Waals surface area contributed by atoms with E-state index in [-0.39, 0.29) is 0 Å². The number of hydrogen-bond donors (Lipinski definition) is 0. The van der Waals surface area contributed by atoms with Crippen LogP contribution in [0.15, 0.2) is 24.3 Å². The van der Waals surface area contributed by atoms with Gasteiger partial charge in [0.05, 0.1) is 18.6 Å². The molecule has 1 aliphatic rings. The SMILES string of the molecule is CCCC1C(c2ccc(C(=O)OC)cc2)C1(F)F. The van der Waals surface area contributed by atoms with Crippen molar-refractivity contribution in [3.63, 3.8) is 0 Å². The van der Waals surface area contributed by atoms with E-state index in [0.717, 1.165) is 6.42 Å². The van der Waals surface area contributed by atoms with Gasteiger partial charge in [-0.05, 0) is 24.1 Å². The van der Waals surface area contributed by atoms with Crippen molar-refractivity contribution in [3.8, 4) is 0 Å². The first-order valence-electron chi connectivity index (χ1n) is 6.08. The van der Waals surface area contributed by atoms with Crippen LogP contribution in [0.4, 0.5) is 8.78 Å². The van der Waals surface area contributed by atoms with Gasteiger partial charge in [0.25, 0.3) is 5.92 Å². The van der Waals surface area contributed by atoms with Crippen LogP contribution in [0.5, 0.6) is 0 Å². The van der Waals surface area contributed by atoms with Gasteiger partial charge in [-0.15, -0.1) is 0 Å². The van der Waals surface area contributed by atoms with Crippen LogP contribution < -0.4 is 0 Å². The van der Waals surface area contributed by atoms with Crippen LogP contribution in [0.25, 0.3) is 0 Å². The molecule has 1 aliphatic carbocycles. The van der Waals surface area contributed by atoms with Crippen LogP contribution in [0, 0.1) is 5.92 Å². The van der Waals surface area contributed by atoms with Gasteiger partial charge >= 0.3 is 5.97 Å². The lowest BCUT2D eigenvalue weighted by atomic mass is 10.1. The van der Waals surface area contributed by atoms with Gasteiger partial charge in [-0.1, -0.05) is 25.5 Å². The van der Waals surface area contributed by atoms with Crippen LogP contribution in [0.3, 0.4) is 0 Å². The van der Waals surface area contributed by atoms with Crippen LogP contribution >= 0.6 is 0 Å². The number of hydrogen-bond acceptors (Lipinski definition) is 2. The third-order valence-corrected chi connectivity index (χ3v) is 3.49. The highest BCUT2D eigenvalue weighted by Crippen LogP contribution is 2.63. The van der Waals surface area contributed by atoms with Gasteiger partial charge < -0.3 is 4.74 Å². The van der Waals surface area contributed by atoms with Gasteiger partial charge in [0.1, 0.15) is 0 Å². The molecule has 2 nitrogen and oxygen atoms in total. The Labute approximate surface area is 105 Å². The molecule has 0 aliphatic heterocycles. The maximum Gasteiger partial charge on any atom is 0.337 e. The van der Waals surface area contributed by atoms with Gasteiger partial charge in [0.15, 0.2) is 0 Å². The van der Waals surface area contributed by atoms with E-state index in [2.05, 4.69) is 4.74 Å². The second kappa shape index (κ2) is 4.67. The Morgan fingerprint density at radius 3 is 2.44 bits per heavy atom. The summed E-state index contributed by atoms with van der Waals surface area (Å²) in [7, 11) is 1.29. The Morgan fingerprint density at radius 2 is 1.94 bits per heavy atom. The Hall–Kier alpha value is -1.45. The van der Waals surface area contributed by atoms with E-state index >= 15 is 0 Å². The molecule has 98 valence electrons. The van der Waals surface area contributed by atoms with Crippen molar-refractivity contribution < 1.29 is 18.3 Å². The van der Waals surface area contributed by atoms with Crippen molar-refractivity contribution in [2.75, 3.05) is 7.11 Å². The smallest absolute Gasteiger partial charge is 0.337 e. The summed E-state index contributed by atoms with van der Waals surface area (Å²) < 4.78 is 31.7. The molecule has 2 unspecified atom stereocenters. The second-order valence-corrected chi connectivity index (χ2v) is 4.66. The Morgan fingerprint density at radius 1 is 1.33 bits per heavy atom. The minimum Gasteiger partial charge on any atom is -0.465 e. The minimum absolute atomic E-state index is 0.386. The van der Waals surface area contributed by atoms with Crippen molar-refractivity contribution in [2.45, 2.75) is 31.6 Å². The van der Waals surface area contributed by atoms with Crippen LogP contribution in [0.1, 0.15) is 41.6 Å². The first-order chi connectivity index (χ1) is 8.52. The Balaban J connectivity index is 2.14. The highest BCUT2D eigenvalue weighted by atomic mass is 19.3. The van der Waals surface area contributed by atoms with E-state index in [1.807, 2.05) is 6.92 Å². The van der Waals surface area contributed by atoms with Gasteiger partial charge in [-0.25, -0.2) is 13.6 Å². The van der Waals surface area contributed by atoms with Crippen molar-refractivity contribution in [2.24, 2.45) is 5.92 Å². The zero-order chi connectivity index (χ0) is 13.3. The average Bonchev–Trinajstić information content (AvgIpc) is 2.91. The molecule has 0 bridgehead atoms. The second-order valence-electron chi connectivity index (χ2n) is 4.66. The number of carbonyl (C=O) groups is 1. The summed E-state index contributed by atoms with van der Waals surface area (Å²) in [6, 6.07) is 6.28. The summed E-state index contributed by atoms with van der Waals surface area (Å²) in [5.41, 5.74) is 0.989. The molecular formula is C14H16F2O2. The van der Waals surface area contributed by atoms with E-state index in [9.17, 15) is 13.6 Å². The first kappa shape index (κ1) is 13.0. The highest BCUT2D eigenvalue weighted by molar-refractivity contribution is 5.89. The third-order valence-electron chi connectivity index (χ3n) is 3.49. The number of esters is 1. The number of ether oxygens (including phenoxy) is 1. The van der Waals surface area contributed by atoms with E-state index < -0.39 is 23.7 Å². The van der Waals surface area contributed by atoms with Gasteiger partial charge in [0, 0.05) is 5.92 Å². The van der Waals surface area contributed by atoms with Gasteiger partial charge in [-0.2, -0.15) is 0 Å². The van der Waals surface area contributed by atoms with Gasteiger partial charge in [-0.3, -0.25) is 0 Å². The fourth-order valence-electron chi connectivity index (χ4n) is 2.46. The molecule has 0 heterocycles. The summed E-state index contributed by atoms with van der Waals surface area (Å²) >= 11 is 0. The monoisotopic (exact) mass is 254 g/mol. The van der Waals surface area contributed by atoms with Gasteiger partial charge in [0.2, 0.25) is 0 Å². The van der Waals surface area contributed by atoms with E-state index in [1.165, 1.54) is 7.11 Å². The fraction of sp³-hybridized carbons (Fsp3) is 0.500. The lowest BCUT2D eigenvalue weighted by molar-refractivity contribution is 0.0600. The third kappa shape index (κ3) is 2.11. The predicted molar refractivity (Wildman–Crippen MR) is 63.9 cm³/mol. The molecule has 0 N–H and O–H groups in total. The quantitative estimate of drug-likeness (QED) is 0.767. The molecule has 0 amide bonds. The van der Waals surface area contributed by atoms with Crippen molar-refractivity contribution in [3.05, 3.63) is 35.4 Å². The molecule has 0 spiro atoms. The number of methoxy groups -OCH3 is 1. The summed E-state index contributed by atoms with van der Waals surface area (Å²) in [6.45, 7) is 1.91.